The molecule has 6 nitrogen and oxygen atoms in total. The highest BCUT2D eigenvalue weighted by atomic mass is 16.2. The van der Waals surface area contributed by atoms with Crippen LogP contribution < -0.4 is 15.5 Å². The number of nitrogens with one attached hydrogen (secondary N) is 2. The Labute approximate surface area is 191 Å². The minimum Gasteiger partial charge on any atom is -0.371 e. The van der Waals surface area contributed by atoms with E-state index in [1.165, 1.54) is 5.56 Å². The van der Waals surface area contributed by atoms with Crippen molar-refractivity contribution in [2.75, 3.05) is 41.7 Å². The fourth-order valence-corrected chi connectivity index (χ4v) is 4.52. The molecule has 2 aliphatic rings. The van der Waals surface area contributed by atoms with Gasteiger partial charge in [-0.15, -0.1) is 0 Å². The van der Waals surface area contributed by atoms with Gasteiger partial charge in [0.1, 0.15) is 0 Å². The highest BCUT2D eigenvalue weighted by Gasteiger charge is 2.26. The van der Waals surface area contributed by atoms with Crippen molar-refractivity contribution in [2.24, 2.45) is 5.92 Å². The van der Waals surface area contributed by atoms with E-state index in [9.17, 15) is 9.59 Å². The summed E-state index contributed by atoms with van der Waals surface area (Å²) in [6.07, 6.45) is 5.34. The number of amides is 3. The summed E-state index contributed by atoms with van der Waals surface area (Å²) in [5, 5.41) is 5.78. The van der Waals surface area contributed by atoms with Gasteiger partial charge in [-0.2, -0.15) is 0 Å². The number of nitrogens with zero attached hydrogens (tertiary/aromatic N) is 2. The summed E-state index contributed by atoms with van der Waals surface area (Å²) in [6.45, 7) is 7.92. The second-order valence-electron chi connectivity index (χ2n) is 9.03. The van der Waals surface area contributed by atoms with Gasteiger partial charge in [0.15, 0.2) is 0 Å². The molecule has 4 rings (SSSR count). The van der Waals surface area contributed by atoms with Crippen LogP contribution in [0.1, 0.15) is 55.5 Å². The second kappa shape index (κ2) is 10.1. The molecule has 0 aliphatic carbocycles. The third-order valence-electron chi connectivity index (χ3n) is 6.62. The van der Waals surface area contributed by atoms with Gasteiger partial charge in [-0.05, 0) is 73.9 Å². The number of hydrogen-bond donors (Lipinski definition) is 2. The third-order valence-corrected chi connectivity index (χ3v) is 6.62. The zero-order valence-electron chi connectivity index (χ0n) is 19.2. The van der Waals surface area contributed by atoms with Crippen LogP contribution in [0.2, 0.25) is 0 Å². The van der Waals surface area contributed by atoms with Gasteiger partial charge in [0.05, 0.1) is 5.56 Å². The molecule has 3 amide bonds. The summed E-state index contributed by atoms with van der Waals surface area (Å²) < 4.78 is 0. The van der Waals surface area contributed by atoms with E-state index in [-0.39, 0.29) is 11.9 Å². The van der Waals surface area contributed by atoms with Crippen LogP contribution in [0.3, 0.4) is 0 Å². The molecule has 0 spiro atoms. The zero-order chi connectivity index (χ0) is 22.5. The lowest BCUT2D eigenvalue weighted by atomic mass is 9.97. The number of benzene rings is 2. The summed E-state index contributed by atoms with van der Waals surface area (Å²) in [4.78, 5) is 30.2. The maximum Gasteiger partial charge on any atom is 0.323 e. The van der Waals surface area contributed by atoms with E-state index in [0.717, 1.165) is 75.6 Å². The highest BCUT2D eigenvalue weighted by molar-refractivity contribution is 6.04. The Kier molecular flexibility index (Phi) is 6.98. The lowest BCUT2D eigenvalue weighted by Crippen LogP contribution is -2.35. The molecule has 2 aromatic rings. The number of carbonyl (C=O) groups is 2. The molecule has 0 atom stereocenters. The van der Waals surface area contributed by atoms with E-state index < -0.39 is 0 Å². The summed E-state index contributed by atoms with van der Waals surface area (Å²) in [5.41, 5.74) is 4.27. The van der Waals surface area contributed by atoms with Gasteiger partial charge in [-0.25, -0.2) is 4.79 Å². The Morgan fingerprint density at radius 2 is 1.53 bits per heavy atom. The minimum atomic E-state index is -0.312. The van der Waals surface area contributed by atoms with Crippen molar-refractivity contribution < 1.29 is 9.59 Å². The number of anilines is 3. The smallest absolute Gasteiger partial charge is 0.323 e. The first-order chi connectivity index (χ1) is 15.5. The van der Waals surface area contributed by atoms with Gasteiger partial charge in [0.25, 0.3) is 5.91 Å². The Morgan fingerprint density at radius 3 is 2.19 bits per heavy atom. The van der Waals surface area contributed by atoms with Crippen molar-refractivity contribution in [1.82, 2.24) is 4.90 Å². The van der Waals surface area contributed by atoms with Crippen molar-refractivity contribution in [1.29, 1.82) is 0 Å². The summed E-state index contributed by atoms with van der Waals surface area (Å²) in [7, 11) is 0. The van der Waals surface area contributed by atoms with E-state index in [4.69, 9.17) is 0 Å². The standard InChI is InChI=1S/C26H34N4O2/c1-3-20-6-8-21(9-7-20)27-26(32)28-22-10-11-24(29-16-12-19(2)13-17-29)23(18-22)25(31)30-14-4-5-15-30/h6-11,18-19H,3-5,12-17H2,1-2H3,(H2,27,28,32). The van der Waals surface area contributed by atoms with E-state index >= 15 is 0 Å². The zero-order valence-corrected chi connectivity index (χ0v) is 19.2. The van der Waals surface area contributed by atoms with Gasteiger partial charge < -0.3 is 20.4 Å². The maximum absolute atomic E-state index is 13.3. The first kappa shape index (κ1) is 22.2. The van der Waals surface area contributed by atoms with Gasteiger partial charge in [-0.3, -0.25) is 4.79 Å². The number of carbonyl (C=O) groups excluding carboxylic acids is 2. The summed E-state index contributed by atoms with van der Waals surface area (Å²) in [5.74, 6) is 0.787. The fourth-order valence-electron chi connectivity index (χ4n) is 4.52. The van der Waals surface area contributed by atoms with Crippen LogP contribution in [0.4, 0.5) is 21.9 Å². The van der Waals surface area contributed by atoms with E-state index in [1.54, 1.807) is 0 Å². The minimum absolute atomic E-state index is 0.0651. The number of hydrogen-bond acceptors (Lipinski definition) is 3. The molecule has 2 fully saturated rings. The number of urea groups is 1. The van der Waals surface area contributed by atoms with Gasteiger partial charge >= 0.3 is 6.03 Å². The van der Waals surface area contributed by atoms with Crippen LogP contribution in [-0.4, -0.2) is 43.0 Å². The second-order valence-corrected chi connectivity index (χ2v) is 9.03. The maximum atomic E-state index is 13.3. The third kappa shape index (κ3) is 5.23. The number of aryl methyl sites for hydroxylation is 1. The molecule has 6 heteroatoms. The van der Waals surface area contributed by atoms with Crippen LogP contribution in [0.15, 0.2) is 42.5 Å². The molecule has 2 N–H and O–H groups in total. The molecule has 0 radical (unpaired) electrons. The Morgan fingerprint density at radius 1 is 0.906 bits per heavy atom. The van der Waals surface area contributed by atoms with Gasteiger partial charge in [0, 0.05) is 43.2 Å². The van der Waals surface area contributed by atoms with Crippen LogP contribution in [0.25, 0.3) is 0 Å². The Bertz CT molecular complexity index is 943. The average molecular weight is 435 g/mol. The molecule has 2 aliphatic heterocycles. The molecule has 2 saturated heterocycles. The number of rotatable bonds is 5. The molecule has 0 aromatic heterocycles. The van der Waals surface area contributed by atoms with Crippen molar-refractivity contribution in [3.05, 3.63) is 53.6 Å². The summed E-state index contributed by atoms with van der Waals surface area (Å²) in [6, 6.07) is 13.2. The van der Waals surface area contributed by atoms with Crippen molar-refractivity contribution in [3.63, 3.8) is 0 Å². The monoisotopic (exact) mass is 434 g/mol. The topological polar surface area (TPSA) is 64.7 Å². The predicted octanol–water partition coefficient (Wildman–Crippen LogP) is 5.37. The van der Waals surface area contributed by atoms with Crippen LogP contribution in [0, 0.1) is 5.92 Å². The summed E-state index contributed by atoms with van der Waals surface area (Å²) >= 11 is 0. The van der Waals surface area contributed by atoms with Gasteiger partial charge in [0.2, 0.25) is 0 Å². The van der Waals surface area contributed by atoms with Crippen molar-refractivity contribution >= 4 is 29.0 Å². The molecule has 0 saturated carbocycles. The first-order valence-corrected chi connectivity index (χ1v) is 11.9. The lowest BCUT2D eigenvalue weighted by molar-refractivity contribution is 0.0793. The van der Waals surface area contributed by atoms with Crippen LogP contribution in [0.5, 0.6) is 0 Å². The largest absolute Gasteiger partial charge is 0.371 e. The molecule has 2 aromatic carbocycles. The fraction of sp³-hybridized carbons (Fsp3) is 0.462. The predicted molar refractivity (Wildman–Crippen MR) is 131 cm³/mol. The lowest BCUT2D eigenvalue weighted by Gasteiger charge is -2.34. The van der Waals surface area contributed by atoms with Crippen LogP contribution >= 0.6 is 0 Å². The normalized spacial score (nSPS) is 16.8. The van der Waals surface area contributed by atoms with Crippen LogP contribution in [-0.2, 0) is 6.42 Å². The molecule has 32 heavy (non-hydrogen) atoms. The highest BCUT2D eigenvalue weighted by Crippen LogP contribution is 2.30. The molecule has 170 valence electrons. The quantitative estimate of drug-likeness (QED) is 0.665. The number of likely N-dealkylation sites (tertiary alicyclic amines) is 1. The van der Waals surface area contributed by atoms with E-state index in [0.29, 0.717) is 11.3 Å². The Balaban J connectivity index is 1.52. The SMILES string of the molecule is CCc1ccc(NC(=O)Nc2ccc(N3CCC(C)CC3)c(C(=O)N3CCCC3)c2)cc1. The molecular formula is C26H34N4O2. The number of piperidine rings is 1. The average Bonchev–Trinajstić information content (AvgIpc) is 3.35. The molecule has 0 bridgehead atoms. The molecular weight excluding hydrogens is 400 g/mol. The van der Waals surface area contributed by atoms with E-state index in [2.05, 4.69) is 29.4 Å². The first-order valence-electron chi connectivity index (χ1n) is 11.9. The Hall–Kier alpha value is -3.02. The molecule has 0 unspecified atom stereocenters. The van der Waals surface area contributed by atoms with Gasteiger partial charge in [-0.1, -0.05) is 26.0 Å². The molecule has 2 heterocycles. The van der Waals surface area contributed by atoms with E-state index in [1.807, 2.05) is 47.4 Å². The van der Waals surface area contributed by atoms with Crippen molar-refractivity contribution in [3.8, 4) is 0 Å². The van der Waals surface area contributed by atoms with Crippen molar-refractivity contribution in [2.45, 2.75) is 46.0 Å².